The molecule has 0 bridgehead atoms. The molecule has 6 nitrogen and oxygen atoms in total. The minimum absolute atomic E-state index is 0.0659. The molecule has 1 aliphatic carbocycles. The van der Waals surface area contributed by atoms with Crippen molar-refractivity contribution in [3.05, 3.63) is 24.2 Å². The van der Waals surface area contributed by atoms with E-state index in [0.29, 0.717) is 38.0 Å². The van der Waals surface area contributed by atoms with Gasteiger partial charge in [-0.15, -0.1) is 0 Å². The maximum absolute atomic E-state index is 11.9. The molecule has 0 aliphatic heterocycles. The largest absolute Gasteiger partial charge is 0.480 e. The summed E-state index contributed by atoms with van der Waals surface area (Å²) in [4.78, 5) is 22.9. The Bertz CT molecular complexity index is 447. The number of rotatable bonds is 4. The van der Waals surface area contributed by atoms with Crippen LogP contribution in [0.1, 0.15) is 31.4 Å². The Hall–Kier alpha value is -1.82. The van der Waals surface area contributed by atoms with Gasteiger partial charge in [-0.1, -0.05) is 0 Å². The summed E-state index contributed by atoms with van der Waals surface area (Å²) in [6.07, 6.45) is 3.24. The van der Waals surface area contributed by atoms with Crippen molar-refractivity contribution in [2.45, 2.75) is 37.8 Å². The first-order chi connectivity index (χ1) is 9.01. The summed E-state index contributed by atoms with van der Waals surface area (Å²) < 4.78 is 5.12. The Kier molecular flexibility index (Phi) is 3.90. The zero-order valence-corrected chi connectivity index (χ0v) is 10.6. The number of carbonyl (C=O) groups excluding carboxylic acids is 1. The number of carbonyl (C=O) groups is 2. The van der Waals surface area contributed by atoms with E-state index in [9.17, 15) is 9.59 Å². The Balaban J connectivity index is 1.81. The zero-order valence-electron chi connectivity index (χ0n) is 10.6. The normalized spacial score (nSPS) is 26.9. The van der Waals surface area contributed by atoms with Crippen LogP contribution >= 0.6 is 0 Å². The first kappa shape index (κ1) is 13.6. The molecule has 1 aromatic rings. The Morgan fingerprint density at radius 3 is 2.68 bits per heavy atom. The molecule has 1 aliphatic rings. The highest BCUT2D eigenvalue weighted by Crippen LogP contribution is 2.30. The van der Waals surface area contributed by atoms with Crippen LogP contribution < -0.4 is 11.1 Å². The van der Waals surface area contributed by atoms with Gasteiger partial charge in [-0.05, 0) is 37.8 Å². The van der Waals surface area contributed by atoms with E-state index in [-0.39, 0.29) is 11.8 Å². The second kappa shape index (κ2) is 5.44. The Morgan fingerprint density at radius 1 is 1.47 bits per heavy atom. The third kappa shape index (κ3) is 3.14. The number of nitrogens with one attached hydrogen (secondary N) is 1. The Morgan fingerprint density at radius 2 is 2.16 bits per heavy atom. The minimum Gasteiger partial charge on any atom is -0.480 e. The predicted molar refractivity (Wildman–Crippen MR) is 67.1 cm³/mol. The fraction of sp³-hybridized carbons (Fsp3) is 0.538. The molecule has 1 saturated carbocycles. The molecule has 0 unspecified atom stereocenters. The summed E-state index contributed by atoms with van der Waals surface area (Å²) >= 11 is 0. The number of aliphatic carboxylic acids is 1. The number of hydrogen-bond acceptors (Lipinski definition) is 4. The van der Waals surface area contributed by atoms with E-state index in [1.165, 1.54) is 0 Å². The first-order valence-corrected chi connectivity index (χ1v) is 6.34. The van der Waals surface area contributed by atoms with Crippen LogP contribution in [0.15, 0.2) is 22.8 Å². The third-order valence-electron chi connectivity index (χ3n) is 3.69. The topological polar surface area (TPSA) is 106 Å². The second-order valence-corrected chi connectivity index (χ2v) is 5.03. The van der Waals surface area contributed by atoms with Crippen LogP contribution in [0, 0.1) is 5.92 Å². The molecule has 1 heterocycles. The molecule has 104 valence electrons. The highest BCUT2D eigenvalue weighted by Gasteiger charge is 2.39. The standard InChI is InChI=1S/C13H18N2O4/c14-13(12(17)18)5-3-9(4-6-13)11(16)15-8-10-2-1-7-19-10/h1-2,7,9H,3-6,8,14H2,(H,15,16)(H,17,18). The van der Waals surface area contributed by atoms with Crippen LogP contribution in [-0.4, -0.2) is 22.5 Å². The lowest BCUT2D eigenvalue weighted by Crippen LogP contribution is -2.51. The number of furan rings is 1. The summed E-state index contributed by atoms with van der Waals surface area (Å²) in [6.45, 7) is 0.356. The zero-order chi connectivity index (χ0) is 13.9. The Labute approximate surface area is 111 Å². The SMILES string of the molecule is NC1(C(=O)O)CCC(C(=O)NCc2ccco2)CC1. The van der Waals surface area contributed by atoms with E-state index in [1.807, 2.05) is 0 Å². The molecule has 0 atom stereocenters. The maximum Gasteiger partial charge on any atom is 0.323 e. The van der Waals surface area contributed by atoms with Gasteiger partial charge in [0.25, 0.3) is 0 Å². The van der Waals surface area contributed by atoms with E-state index in [0.717, 1.165) is 0 Å². The van der Waals surface area contributed by atoms with E-state index in [2.05, 4.69) is 5.32 Å². The van der Waals surface area contributed by atoms with Gasteiger partial charge >= 0.3 is 5.97 Å². The van der Waals surface area contributed by atoms with Gasteiger partial charge in [0.05, 0.1) is 12.8 Å². The monoisotopic (exact) mass is 266 g/mol. The second-order valence-electron chi connectivity index (χ2n) is 5.03. The summed E-state index contributed by atoms with van der Waals surface area (Å²) in [5.41, 5.74) is 4.60. The average molecular weight is 266 g/mol. The number of carboxylic acid groups (broad SMARTS) is 1. The van der Waals surface area contributed by atoms with Gasteiger partial charge in [-0.25, -0.2) is 0 Å². The molecule has 0 spiro atoms. The number of hydrogen-bond donors (Lipinski definition) is 3. The van der Waals surface area contributed by atoms with Gasteiger partial charge in [0.15, 0.2) is 0 Å². The maximum atomic E-state index is 11.9. The van der Waals surface area contributed by atoms with Gasteiger partial charge in [-0.2, -0.15) is 0 Å². The molecular formula is C13H18N2O4. The number of amides is 1. The smallest absolute Gasteiger partial charge is 0.323 e. The predicted octanol–water partition coefficient (Wildman–Crippen LogP) is 0.868. The fourth-order valence-corrected chi connectivity index (χ4v) is 2.34. The molecule has 1 amide bonds. The third-order valence-corrected chi connectivity index (χ3v) is 3.69. The molecule has 1 fully saturated rings. The summed E-state index contributed by atoms with van der Waals surface area (Å²) in [5, 5.41) is 11.8. The van der Waals surface area contributed by atoms with Gasteiger partial charge in [0.2, 0.25) is 5.91 Å². The van der Waals surface area contributed by atoms with Crippen LogP contribution in [0.25, 0.3) is 0 Å². The van der Waals surface area contributed by atoms with Crippen molar-refractivity contribution in [2.24, 2.45) is 11.7 Å². The molecule has 0 aromatic carbocycles. The van der Waals surface area contributed by atoms with Gasteiger partial charge in [-0.3, -0.25) is 9.59 Å². The van der Waals surface area contributed by atoms with E-state index >= 15 is 0 Å². The van der Waals surface area contributed by atoms with Crippen molar-refractivity contribution in [3.63, 3.8) is 0 Å². The van der Waals surface area contributed by atoms with Crippen molar-refractivity contribution in [3.8, 4) is 0 Å². The highest BCUT2D eigenvalue weighted by atomic mass is 16.4. The number of carboxylic acids is 1. The lowest BCUT2D eigenvalue weighted by molar-refractivity contribution is -0.146. The van der Waals surface area contributed by atoms with E-state index < -0.39 is 11.5 Å². The molecular weight excluding hydrogens is 248 g/mol. The molecule has 6 heteroatoms. The van der Waals surface area contributed by atoms with Crippen molar-refractivity contribution in [1.29, 1.82) is 0 Å². The van der Waals surface area contributed by atoms with E-state index in [4.69, 9.17) is 15.3 Å². The van der Waals surface area contributed by atoms with Gasteiger partial charge in [0, 0.05) is 5.92 Å². The average Bonchev–Trinajstić information content (AvgIpc) is 2.90. The van der Waals surface area contributed by atoms with Crippen LogP contribution in [0.2, 0.25) is 0 Å². The van der Waals surface area contributed by atoms with Gasteiger partial charge < -0.3 is 20.6 Å². The summed E-state index contributed by atoms with van der Waals surface area (Å²) in [6, 6.07) is 3.55. The number of nitrogens with two attached hydrogens (primary N) is 1. The fourth-order valence-electron chi connectivity index (χ4n) is 2.34. The van der Waals surface area contributed by atoms with Gasteiger partial charge in [0.1, 0.15) is 11.3 Å². The molecule has 0 radical (unpaired) electrons. The van der Waals surface area contributed by atoms with Crippen LogP contribution in [0.4, 0.5) is 0 Å². The molecule has 4 N–H and O–H groups in total. The van der Waals surface area contributed by atoms with E-state index in [1.54, 1.807) is 18.4 Å². The van der Waals surface area contributed by atoms with Crippen LogP contribution in [-0.2, 0) is 16.1 Å². The van der Waals surface area contributed by atoms with Crippen molar-refractivity contribution in [1.82, 2.24) is 5.32 Å². The molecule has 2 rings (SSSR count). The lowest BCUT2D eigenvalue weighted by atomic mass is 9.77. The molecule has 19 heavy (non-hydrogen) atoms. The molecule has 1 aromatic heterocycles. The lowest BCUT2D eigenvalue weighted by Gasteiger charge is -2.32. The van der Waals surface area contributed by atoms with Crippen LogP contribution in [0.5, 0.6) is 0 Å². The van der Waals surface area contributed by atoms with Crippen LogP contribution in [0.3, 0.4) is 0 Å². The first-order valence-electron chi connectivity index (χ1n) is 6.34. The van der Waals surface area contributed by atoms with Crippen molar-refractivity contribution in [2.75, 3.05) is 0 Å². The van der Waals surface area contributed by atoms with Crippen molar-refractivity contribution < 1.29 is 19.1 Å². The highest BCUT2D eigenvalue weighted by molar-refractivity contribution is 5.81. The van der Waals surface area contributed by atoms with Crippen molar-refractivity contribution >= 4 is 11.9 Å². The minimum atomic E-state index is -1.17. The summed E-state index contributed by atoms with van der Waals surface area (Å²) in [7, 11) is 0. The molecule has 0 saturated heterocycles. The summed E-state index contributed by atoms with van der Waals surface area (Å²) in [5.74, 6) is -0.514. The quantitative estimate of drug-likeness (QED) is 0.749.